The molecule has 2 aromatic rings. The van der Waals surface area contributed by atoms with Gasteiger partial charge in [0, 0.05) is 19.0 Å². The summed E-state index contributed by atoms with van der Waals surface area (Å²) in [7, 11) is 0. The Kier molecular flexibility index (Phi) is 5.06. The van der Waals surface area contributed by atoms with Gasteiger partial charge in [-0.2, -0.15) is 0 Å². The van der Waals surface area contributed by atoms with Crippen LogP contribution in [-0.2, 0) is 0 Å². The summed E-state index contributed by atoms with van der Waals surface area (Å²) in [5.74, 6) is -0.485. The number of allylic oxidation sites excluding steroid dienone is 2. The van der Waals surface area contributed by atoms with Crippen molar-refractivity contribution in [3.05, 3.63) is 64.7 Å². The molecular formula is C16H4Br6N2O2. The largest absolute Gasteiger partial charge is 0.287 e. The van der Waals surface area contributed by atoms with Crippen molar-refractivity contribution < 1.29 is 9.59 Å². The Hall–Kier alpha value is -0.000000000000000333. The molecule has 0 radical (unpaired) electrons. The fraction of sp³-hybridized carbons (Fsp3) is 0. The number of nitrogens with zero attached hydrogens (tertiary/aromatic N) is 2. The number of ketones is 2. The van der Waals surface area contributed by atoms with Gasteiger partial charge in [0.2, 0.25) is 11.6 Å². The molecule has 26 heavy (non-hydrogen) atoms. The molecule has 4 rings (SSSR count). The van der Waals surface area contributed by atoms with E-state index in [0.717, 1.165) is 4.47 Å². The maximum Gasteiger partial charge on any atom is 0.215 e. The van der Waals surface area contributed by atoms with Crippen LogP contribution in [0.1, 0.15) is 20.7 Å². The first-order chi connectivity index (χ1) is 12.3. The topological polar surface area (TPSA) is 40.6 Å². The zero-order valence-corrected chi connectivity index (χ0v) is 21.8. The lowest BCUT2D eigenvalue weighted by molar-refractivity contribution is 0.101. The number of hydrogen-bond donors (Lipinski definition) is 0. The van der Waals surface area contributed by atoms with E-state index < -0.39 is 0 Å². The lowest BCUT2D eigenvalue weighted by atomic mass is 10.1. The fourth-order valence-electron chi connectivity index (χ4n) is 2.91. The Morgan fingerprint density at radius 3 is 1.92 bits per heavy atom. The van der Waals surface area contributed by atoms with Crippen LogP contribution in [0, 0.1) is 0 Å². The normalized spacial score (nSPS) is 18.7. The highest BCUT2D eigenvalue weighted by atomic mass is 79.9. The zero-order valence-electron chi connectivity index (χ0n) is 12.3. The summed E-state index contributed by atoms with van der Waals surface area (Å²) < 4.78 is 5.89. The van der Waals surface area contributed by atoms with E-state index in [1.165, 1.54) is 0 Å². The van der Waals surface area contributed by atoms with Crippen LogP contribution in [0.3, 0.4) is 0 Å². The average molecular weight is 736 g/mol. The van der Waals surface area contributed by atoms with Gasteiger partial charge in [-0.15, -0.1) is 0 Å². The quantitative estimate of drug-likeness (QED) is 0.124. The van der Waals surface area contributed by atoms with Crippen LogP contribution in [0.2, 0.25) is 0 Å². The smallest absolute Gasteiger partial charge is 0.215 e. The highest BCUT2D eigenvalue weighted by Gasteiger charge is 2.44. The predicted molar refractivity (Wildman–Crippen MR) is 122 cm³/mol. The van der Waals surface area contributed by atoms with Crippen molar-refractivity contribution in [3.63, 3.8) is 0 Å². The number of rotatable bonds is 0. The third-order valence-corrected chi connectivity index (χ3v) is 10.3. The summed E-state index contributed by atoms with van der Waals surface area (Å²) in [6, 6.07) is 7.19. The maximum absolute atomic E-state index is 13.3. The highest BCUT2D eigenvalue weighted by Crippen LogP contribution is 2.53. The maximum atomic E-state index is 13.3. The number of carbonyl (C=O) groups excluding carboxylic acids is 2. The van der Waals surface area contributed by atoms with Gasteiger partial charge in [0.25, 0.3) is 0 Å². The molecule has 0 amide bonds. The van der Waals surface area contributed by atoms with E-state index in [0.29, 0.717) is 35.9 Å². The van der Waals surface area contributed by atoms with Gasteiger partial charge in [-0.3, -0.25) is 17.4 Å². The molecule has 2 aliphatic rings. The Morgan fingerprint density at radius 2 is 1.27 bits per heavy atom. The monoisotopic (exact) mass is 730 g/mol. The molecule has 0 N–H and O–H groups in total. The van der Waals surface area contributed by atoms with Crippen LogP contribution in [-0.4, -0.2) is 11.6 Å². The number of hydrogen-bond acceptors (Lipinski definition) is 4. The third kappa shape index (κ3) is 2.52. The predicted octanol–water partition coefficient (Wildman–Crippen LogP) is 7.27. The van der Waals surface area contributed by atoms with E-state index in [2.05, 4.69) is 96.0 Å². The van der Waals surface area contributed by atoms with Crippen molar-refractivity contribution in [2.75, 3.05) is 7.85 Å². The molecule has 2 aromatic carbocycles. The summed E-state index contributed by atoms with van der Waals surface area (Å²) in [6.45, 7) is 0. The van der Waals surface area contributed by atoms with Crippen LogP contribution < -0.4 is 7.85 Å². The third-order valence-electron chi connectivity index (χ3n) is 4.07. The molecule has 0 saturated heterocycles. The van der Waals surface area contributed by atoms with Gasteiger partial charge in [-0.1, -0.05) is 12.1 Å². The van der Waals surface area contributed by atoms with E-state index in [4.69, 9.17) is 0 Å². The standard InChI is InChI=1S/C16H4Br6N2O2/c17-8-7-12(11(20)10(19)9(8)18)24(22)14(16(7)26)13-15(25)5-3-1-2-4-6(5)23(13)21/h1-4H/b14-13-. The fourth-order valence-corrected chi connectivity index (χ4v) is 6.92. The Morgan fingerprint density at radius 1 is 0.692 bits per heavy atom. The van der Waals surface area contributed by atoms with E-state index in [-0.39, 0.29) is 23.0 Å². The van der Waals surface area contributed by atoms with Gasteiger partial charge < -0.3 is 0 Å². The lowest BCUT2D eigenvalue weighted by Crippen LogP contribution is -2.20. The van der Waals surface area contributed by atoms with Crippen molar-refractivity contribution >= 4 is 119 Å². The number of halogens is 6. The zero-order chi connectivity index (χ0) is 18.9. The highest BCUT2D eigenvalue weighted by molar-refractivity contribution is 9.15. The van der Waals surface area contributed by atoms with Crippen LogP contribution in [0.5, 0.6) is 0 Å². The van der Waals surface area contributed by atoms with E-state index in [9.17, 15) is 9.59 Å². The van der Waals surface area contributed by atoms with E-state index in [1.54, 1.807) is 20.0 Å². The summed E-state index contributed by atoms with van der Waals surface area (Å²) in [5, 5.41) is 0. The molecule has 132 valence electrons. The van der Waals surface area contributed by atoms with Gasteiger partial charge in [0.1, 0.15) is 11.4 Å². The Labute approximate surface area is 199 Å². The molecule has 0 spiro atoms. The first-order valence-corrected chi connectivity index (χ1v) is 11.6. The molecule has 4 nitrogen and oxygen atoms in total. The molecule has 10 heteroatoms. The first kappa shape index (κ1) is 19.3. The molecule has 0 saturated carbocycles. The molecule has 2 heterocycles. The Bertz CT molecular complexity index is 1070. The number of Topliss-reactive ketones (excluding diaryl/α,β-unsaturated/α-hetero) is 2. The van der Waals surface area contributed by atoms with E-state index >= 15 is 0 Å². The summed E-state index contributed by atoms with van der Waals surface area (Å²) in [6.07, 6.45) is 0. The number of carbonyl (C=O) groups is 2. The number of anilines is 2. The molecular weight excluding hydrogens is 732 g/mol. The average Bonchev–Trinajstić information content (AvgIpc) is 3.03. The van der Waals surface area contributed by atoms with Crippen molar-refractivity contribution in [2.24, 2.45) is 0 Å². The number of fused-ring (bicyclic) bond motifs is 2. The first-order valence-electron chi connectivity index (χ1n) is 6.97. The molecule has 0 atom stereocenters. The molecule has 0 bridgehead atoms. The van der Waals surface area contributed by atoms with Crippen LogP contribution in [0.25, 0.3) is 0 Å². The second-order valence-corrected chi connectivity index (χ2v) is 10.0. The SMILES string of the molecule is O=C1/C(=C2\C(=O)c3c(Br)c(Br)c(Br)c(Br)c3N2Br)N(Br)c2ccccc21. The van der Waals surface area contributed by atoms with Crippen LogP contribution >= 0.6 is 96.0 Å². The minimum absolute atomic E-state index is 0.219. The summed E-state index contributed by atoms with van der Waals surface area (Å²) in [4.78, 5) is 26.2. The summed E-state index contributed by atoms with van der Waals surface area (Å²) >= 11 is 20.9. The van der Waals surface area contributed by atoms with Crippen molar-refractivity contribution in [1.82, 2.24) is 0 Å². The van der Waals surface area contributed by atoms with Crippen molar-refractivity contribution in [2.45, 2.75) is 0 Å². The van der Waals surface area contributed by atoms with Gasteiger partial charge in [0.05, 0.1) is 53.7 Å². The number of para-hydroxylation sites is 1. The van der Waals surface area contributed by atoms with Gasteiger partial charge in [-0.25, -0.2) is 0 Å². The summed E-state index contributed by atoms with van der Waals surface area (Å²) in [5.41, 5.74) is 2.81. The molecule has 0 aliphatic carbocycles. The van der Waals surface area contributed by atoms with Gasteiger partial charge in [-0.05, 0) is 75.9 Å². The van der Waals surface area contributed by atoms with Crippen LogP contribution in [0.4, 0.5) is 11.4 Å². The molecule has 0 fully saturated rings. The minimum Gasteiger partial charge on any atom is -0.287 e. The van der Waals surface area contributed by atoms with Crippen molar-refractivity contribution in [1.29, 1.82) is 0 Å². The molecule has 2 aliphatic heterocycles. The second kappa shape index (κ2) is 6.81. The number of benzene rings is 2. The van der Waals surface area contributed by atoms with Crippen molar-refractivity contribution in [3.8, 4) is 0 Å². The van der Waals surface area contributed by atoms with Gasteiger partial charge >= 0.3 is 0 Å². The van der Waals surface area contributed by atoms with E-state index in [1.807, 2.05) is 12.1 Å². The second-order valence-electron chi connectivity index (χ2n) is 5.41. The van der Waals surface area contributed by atoms with Crippen LogP contribution in [0.15, 0.2) is 53.6 Å². The lowest BCUT2D eigenvalue weighted by Gasteiger charge is -2.18. The Balaban J connectivity index is 2.01. The minimum atomic E-state index is -0.266. The molecule has 0 unspecified atom stereocenters. The molecule has 0 aromatic heterocycles. The van der Waals surface area contributed by atoms with Gasteiger partial charge in [0.15, 0.2) is 0 Å².